The van der Waals surface area contributed by atoms with Crippen molar-refractivity contribution >= 4 is 6.03 Å². The van der Waals surface area contributed by atoms with Crippen LogP contribution in [0.4, 0.5) is 9.18 Å². The lowest BCUT2D eigenvalue weighted by Crippen LogP contribution is -2.42. The van der Waals surface area contributed by atoms with Crippen LogP contribution in [-0.4, -0.2) is 31.7 Å². The number of hydrogen-bond acceptors (Lipinski definition) is 3. The number of halogens is 1. The van der Waals surface area contributed by atoms with Crippen LogP contribution >= 0.6 is 0 Å². The smallest absolute Gasteiger partial charge is 0.318 e. The van der Waals surface area contributed by atoms with E-state index >= 15 is 0 Å². The first-order valence-corrected chi connectivity index (χ1v) is 7.70. The summed E-state index contributed by atoms with van der Waals surface area (Å²) in [6.45, 7) is 2.35. The topological polar surface area (TPSA) is 63.1 Å². The van der Waals surface area contributed by atoms with E-state index in [1.165, 1.54) is 12.1 Å². The van der Waals surface area contributed by atoms with Gasteiger partial charge in [-0.2, -0.15) is 0 Å². The number of nitrogens with one attached hydrogen (secondary N) is 1. The highest BCUT2D eigenvalue weighted by Gasteiger charge is 2.33. The minimum Gasteiger partial charge on any atom is -0.328 e. The van der Waals surface area contributed by atoms with Gasteiger partial charge in [0.05, 0.1) is 6.04 Å². The molecule has 1 saturated carbocycles. The molecule has 0 radical (unpaired) electrons. The number of aryl methyl sites for hydroxylation is 1. The van der Waals surface area contributed by atoms with Gasteiger partial charge in [-0.1, -0.05) is 12.1 Å². The largest absolute Gasteiger partial charge is 0.328 e. The summed E-state index contributed by atoms with van der Waals surface area (Å²) < 4.78 is 14.8. The van der Waals surface area contributed by atoms with Gasteiger partial charge in [0.2, 0.25) is 0 Å². The molecule has 23 heavy (non-hydrogen) atoms. The molecule has 2 amide bonds. The molecule has 6 nitrogen and oxygen atoms in total. The molecule has 2 aromatic rings. The van der Waals surface area contributed by atoms with E-state index in [1.54, 1.807) is 27.9 Å². The van der Waals surface area contributed by atoms with Crippen molar-refractivity contribution < 1.29 is 9.18 Å². The Morgan fingerprint density at radius 2 is 2.13 bits per heavy atom. The third-order valence-electron chi connectivity index (χ3n) is 3.99. The Morgan fingerprint density at radius 3 is 2.70 bits per heavy atom. The third kappa shape index (κ3) is 3.67. The molecule has 0 aliphatic heterocycles. The zero-order valence-corrected chi connectivity index (χ0v) is 13.2. The SMILES string of the molecule is CC(NC(=O)N(Cc1ccc(F)cc1)C1CC1)c1nncn1C. The molecule has 0 bridgehead atoms. The Hall–Kier alpha value is -2.44. The predicted octanol–water partition coefficient (Wildman–Crippen LogP) is 2.39. The highest BCUT2D eigenvalue weighted by atomic mass is 19.1. The van der Waals surface area contributed by atoms with Crippen LogP contribution in [0.25, 0.3) is 0 Å². The normalized spacial score (nSPS) is 15.3. The first kappa shape index (κ1) is 15.5. The van der Waals surface area contributed by atoms with Gasteiger partial charge in [0.15, 0.2) is 5.82 Å². The molecule has 3 rings (SSSR count). The average Bonchev–Trinajstić information content (AvgIpc) is 3.27. The third-order valence-corrected chi connectivity index (χ3v) is 3.99. The van der Waals surface area contributed by atoms with Gasteiger partial charge in [0, 0.05) is 19.6 Å². The number of urea groups is 1. The summed E-state index contributed by atoms with van der Waals surface area (Å²) in [5, 5.41) is 10.8. The van der Waals surface area contributed by atoms with Gasteiger partial charge in [-0.25, -0.2) is 9.18 Å². The van der Waals surface area contributed by atoms with E-state index in [-0.39, 0.29) is 23.9 Å². The van der Waals surface area contributed by atoms with Gasteiger partial charge in [0.25, 0.3) is 0 Å². The fraction of sp³-hybridized carbons (Fsp3) is 0.438. The standard InChI is InChI=1S/C16H20FN5O/c1-11(15-20-18-10-21(15)2)19-16(23)22(14-7-8-14)9-12-3-5-13(17)6-4-12/h3-6,10-11,14H,7-9H2,1-2H3,(H,19,23). The van der Waals surface area contributed by atoms with Gasteiger partial charge in [-0.3, -0.25) is 0 Å². The van der Waals surface area contributed by atoms with Crippen LogP contribution in [0.5, 0.6) is 0 Å². The summed E-state index contributed by atoms with van der Waals surface area (Å²) in [6, 6.07) is 6.15. The Kier molecular flexibility index (Phi) is 4.27. The molecular weight excluding hydrogens is 297 g/mol. The fourth-order valence-electron chi connectivity index (χ4n) is 2.56. The van der Waals surface area contributed by atoms with E-state index in [2.05, 4.69) is 15.5 Å². The molecule has 1 N–H and O–H groups in total. The fourth-order valence-corrected chi connectivity index (χ4v) is 2.56. The first-order valence-electron chi connectivity index (χ1n) is 7.70. The molecule has 1 aromatic heterocycles. The minimum atomic E-state index is -0.271. The van der Waals surface area contributed by atoms with Crippen molar-refractivity contribution in [1.29, 1.82) is 0 Å². The van der Waals surface area contributed by atoms with Gasteiger partial charge < -0.3 is 14.8 Å². The first-order chi connectivity index (χ1) is 11.0. The van der Waals surface area contributed by atoms with E-state index in [4.69, 9.17) is 0 Å². The molecule has 1 aliphatic carbocycles. The molecule has 122 valence electrons. The van der Waals surface area contributed by atoms with Gasteiger partial charge in [-0.05, 0) is 37.5 Å². The quantitative estimate of drug-likeness (QED) is 0.921. The number of carbonyl (C=O) groups is 1. The molecule has 0 spiro atoms. The number of aromatic nitrogens is 3. The van der Waals surface area contributed by atoms with Crippen molar-refractivity contribution in [3.05, 3.63) is 47.8 Å². The second kappa shape index (κ2) is 6.36. The lowest BCUT2D eigenvalue weighted by molar-refractivity contribution is 0.188. The number of amides is 2. The minimum absolute atomic E-state index is 0.132. The highest BCUT2D eigenvalue weighted by Crippen LogP contribution is 2.28. The summed E-state index contributed by atoms with van der Waals surface area (Å²) in [5.74, 6) is 0.433. The molecule has 7 heteroatoms. The number of rotatable bonds is 5. The molecule has 1 unspecified atom stereocenters. The van der Waals surface area contributed by atoms with Crippen molar-refractivity contribution in [3.63, 3.8) is 0 Å². The summed E-state index contributed by atoms with van der Waals surface area (Å²) in [4.78, 5) is 14.4. The maximum Gasteiger partial charge on any atom is 0.318 e. The van der Waals surface area contributed by atoms with Crippen LogP contribution in [0.1, 0.15) is 37.2 Å². The lowest BCUT2D eigenvalue weighted by Gasteiger charge is -2.25. The van der Waals surface area contributed by atoms with Crippen molar-refractivity contribution in [2.75, 3.05) is 0 Å². The van der Waals surface area contributed by atoms with Crippen LogP contribution in [0.3, 0.4) is 0 Å². The Labute approximate surface area is 134 Å². The predicted molar refractivity (Wildman–Crippen MR) is 82.9 cm³/mol. The van der Waals surface area contributed by atoms with E-state index in [0.717, 1.165) is 18.4 Å². The van der Waals surface area contributed by atoms with E-state index in [9.17, 15) is 9.18 Å². The maximum atomic E-state index is 13.0. The summed E-state index contributed by atoms with van der Waals surface area (Å²) in [5.41, 5.74) is 0.916. The van der Waals surface area contributed by atoms with Crippen LogP contribution in [-0.2, 0) is 13.6 Å². The lowest BCUT2D eigenvalue weighted by atomic mass is 10.2. The molecule has 1 aromatic carbocycles. The second-order valence-electron chi connectivity index (χ2n) is 5.96. The Bertz CT molecular complexity index is 680. The maximum absolute atomic E-state index is 13.0. The number of nitrogens with zero attached hydrogens (tertiary/aromatic N) is 4. The molecule has 1 atom stereocenters. The second-order valence-corrected chi connectivity index (χ2v) is 5.96. The van der Waals surface area contributed by atoms with Crippen LogP contribution < -0.4 is 5.32 Å². The van der Waals surface area contributed by atoms with Crippen molar-refractivity contribution in [3.8, 4) is 0 Å². The highest BCUT2D eigenvalue weighted by molar-refractivity contribution is 5.75. The molecule has 1 heterocycles. The van der Waals surface area contributed by atoms with E-state index < -0.39 is 0 Å². The Morgan fingerprint density at radius 1 is 1.43 bits per heavy atom. The molecule has 0 saturated heterocycles. The molecule has 1 fully saturated rings. The zero-order valence-electron chi connectivity index (χ0n) is 13.2. The zero-order chi connectivity index (χ0) is 16.4. The Balaban J connectivity index is 1.67. The van der Waals surface area contributed by atoms with Crippen LogP contribution in [0, 0.1) is 5.82 Å². The van der Waals surface area contributed by atoms with Gasteiger partial charge >= 0.3 is 6.03 Å². The van der Waals surface area contributed by atoms with Crippen molar-refractivity contribution in [1.82, 2.24) is 25.0 Å². The number of hydrogen-bond donors (Lipinski definition) is 1. The molecular formula is C16H20FN5O. The van der Waals surface area contributed by atoms with E-state index in [0.29, 0.717) is 12.4 Å². The molecule has 1 aliphatic rings. The summed E-state index contributed by atoms with van der Waals surface area (Å²) in [7, 11) is 1.84. The average molecular weight is 317 g/mol. The summed E-state index contributed by atoms with van der Waals surface area (Å²) >= 11 is 0. The summed E-state index contributed by atoms with van der Waals surface area (Å²) in [6.07, 6.45) is 3.62. The van der Waals surface area contributed by atoms with Gasteiger partial charge in [0.1, 0.15) is 12.1 Å². The monoisotopic (exact) mass is 317 g/mol. The van der Waals surface area contributed by atoms with Gasteiger partial charge in [-0.15, -0.1) is 10.2 Å². The van der Waals surface area contributed by atoms with Crippen LogP contribution in [0.15, 0.2) is 30.6 Å². The van der Waals surface area contributed by atoms with Crippen molar-refractivity contribution in [2.24, 2.45) is 7.05 Å². The van der Waals surface area contributed by atoms with E-state index in [1.807, 2.05) is 14.0 Å². The number of benzene rings is 1. The number of carbonyl (C=O) groups excluding carboxylic acids is 1. The van der Waals surface area contributed by atoms with Crippen molar-refractivity contribution in [2.45, 2.75) is 38.4 Å². The van der Waals surface area contributed by atoms with Crippen LogP contribution in [0.2, 0.25) is 0 Å².